The summed E-state index contributed by atoms with van der Waals surface area (Å²) in [6.07, 6.45) is 3.21. The Bertz CT molecular complexity index is 104. The minimum Gasteiger partial charge on any atom is -0.384 e. The SMILES string of the molecule is C=C/C=C(/N)N(C)N. The zero-order chi connectivity index (χ0) is 6.57. The molecule has 0 aliphatic carbocycles. The van der Waals surface area contributed by atoms with Gasteiger partial charge in [0.2, 0.25) is 0 Å². The summed E-state index contributed by atoms with van der Waals surface area (Å²) in [6, 6.07) is 0. The highest BCUT2D eigenvalue weighted by atomic mass is 15.4. The third-order valence-corrected chi connectivity index (χ3v) is 0.696. The monoisotopic (exact) mass is 113 g/mol. The first kappa shape index (κ1) is 7.04. The van der Waals surface area contributed by atoms with Crippen LogP contribution in [0.4, 0.5) is 0 Å². The Hall–Kier alpha value is -0.960. The molecule has 0 atom stereocenters. The van der Waals surface area contributed by atoms with Crippen LogP contribution in [0.15, 0.2) is 24.6 Å². The van der Waals surface area contributed by atoms with Crippen LogP contribution in [0.25, 0.3) is 0 Å². The quantitative estimate of drug-likeness (QED) is 0.295. The molecule has 8 heavy (non-hydrogen) atoms. The molecule has 0 amide bonds. The van der Waals surface area contributed by atoms with Crippen molar-refractivity contribution in [2.45, 2.75) is 0 Å². The highest BCUT2D eigenvalue weighted by molar-refractivity contribution is 5.03. The molecule has 0 radical (unpaired) electrons. The number of hydrazine groups is 1. The third kappa shape index (κ3) is 2.25. The Kier molecular flexibility index (Phi) is 2.72. The minimum absolute atomic E-state index is 0.500. The van der Waals surface area contributed by atoms with Crippen LogP contribution in [0.2, 0.25) is 0 Å². The van der Waals surface area contributed by atoms with Crippen LogP contribution in [-0.2, 0) is 0 Å². The highest BCUT2D eigenvalue weighted by Crippen LogP contribution is 1.82. The molecule has 46 valence electrons. The molecule has 0 heterocycles. The van der Waals surface area contributed by atoms with Gasteiger partial charge in [-0.3, -0.25) is 0 Å². The van der Waals surface area contributed by atoms with Gasteiger partial charge in [-0.25, -0.2) is 5.84 Å². The molecule has 0 saturated heterocycles. The van der Waals surface area contributed by atoms with Crippen LogP contribution in [0.1, 0.15) is 0 Å². The van der Waals surface area contributed by atoms with Crippen molar-refractivity contribution in [3.63, 3.8) is 0 Å². The normalized spacial score (nSPS) is 11.0. The molecule has 0 aliphatic heterocycles. The number of hydrogen-bond donors (Lipinski definition) is 2. The molecule has 0 fully saturated rings. The maximum absolute atomic E-state index is 5.32. The lowest BCUT2D eigenvalue weighted by Gasteiger charge is -2.09. The van der Waals surface area contributed by atoms with Crippen LogP contribution >= 0.6 is 0 Å². The highest BCUT2D eigenvalue weighted by Gasteiger charge is 1.85. The van der Waals surface area contributed by atoms with Gasteiger partial charge in [0.05, 0.1) is 0 Å². The summed E-state index contributed by atoms with van der Waals surface area (Å²) in [5.74, 6) is 5.71. The molecule has 4 N–H and O–H groups in total. The van der Waals surface area contributed by atoms with E-state index in [2.05, 4.69) is 6.58 Å². The predicted octanol–water partition coefficient (Wildman–Crippen LogP) is -0.222. The van der Waals surface area contributed by atoms with E-state index in [-0.39, 0.29) is 0 Å². The smallest absolute Gasteiger partial charge is 0.113 e. The lowest BCUT2D eigenvalue weighted by Crippen LogP contribution is -2.29. The van der Waals surface area contributed by atoms with Crippen molar-refractivity contribution in [1.29, 1.82) is 0 Å². The Labute approximate surface area is 49.2 Å². The summed E-state index contributed by atoms with van der Waals surface area (Å²) in [5.41, 5.74) is 5.32. The molecule has 3 nitrogen and oxygen atoms in total. The number of nitrogens with zero attached hydrogens (tertiary/aromatic N) is 1. The van der Waals surface area contributed by atoms with Crippen molar-refractivity contribution in [3.8, 4) is 0 Å². The second-order valence-electron chi connectivity index (χ2n) is 1.44. The second kappa shape index (κ2) is 3.10. The van der Waals surface area contributed by atoms with Gasteiger partial charge in [0.1, 0.15) is 5.82 Å². The average molecular weight is 113 g/mol. The fourth-order valence-electron chi connectivity index (χ4n) is 0.238. The zero-order valence-electron chi connectivity index (χ0n) is 4.96. The van der Waals surface area contributed by atoms with Gasteiger partial charge in [-0.2, -0.15) is 0 Å². The summed E-state index contributed by atoms with van der Waals surface area (Å²) in [7, 11) is 1.66. The van der Waals surface area contributed by atoms with Gasteiger partial charge in [-0.1, -0.05) is 12.7 Å². The van der Waals surface area contributed by atoms with Crippen LogP contribution in [0, 0.1) is 0 Å². The van der Waals surface area contributed by atoms with Crippen LogP contribution in [0.3, 0.4) is 0 Å². The lowest BCUT2D eigenvalue weighted by molar-refractivity contribution is 0.435. The van der Waals surface area contributed by atoms with E-state index in [1.54, 1.807) is 19.2 Å². The fraction of sp³-hybridized carbons (Fsp3) is 0.200. The molecule has 3 heteroatoms. The van der Waals surface area contributed by atoms with Crippen molar-refractivity contribution in [2.75, 3.05) is 7.05 Å². The van der Waals surface area contributed by atoms with Crippen LogP contribution in [-0.4, -0.2) is 12.1 Å². The van der Waals surface area contributed by atoms with E-state index in [1.807, 2.05) is 0 Å². The molecule has 0 rings (SSSR count). The second-order valence-corrected chi connectivity index (χ2v) is 1.44. The van der Waals surface area contributed by atoms with Gasteiger partial charge in [0.15, 0.2) is 0 Å². The topological polar surface area (TPSA) is 55.3 Å². The molecular weight excluding hydrogens is 102 g/mol. The van der Waals surface area contributed by atoms with Gasteiger partial charge in [0, 0.05) is 7.05 Å². The fourth-order valence-corrected chi connectivity index (χ4v) is 0.238. The first-order valence-electron chi connectivity index (χ1n) is 2.25. The molecule has 0 saturated carbocycles. The number of allylic oxidation sites excluding steroid dienone is 2. The summed E-state index contributed by atoms with van der Waals surface area (Å²) in [6.45, 7) is 3.44. The summed E-state index contributed by atoms with van der Waals surface area (Å²) in [4.78, 5) is 0. The Morgan fingerprint density at radius 3 is 2.38 bits per heavy atom. The van der Waals surface area contributed by atoms with Crippen LogP contribution < -0.4 is 11.6 Å². The van der Waals surface area contributed by atoms with Gasteiger partial charge in [-0.15, -0.1) is 0 Å². The Morgan fingerprint density at radius 1 is 1.75 bits per heavy atom. The predicted molar refractivity (Wildman–Crippen MR) is 34.4 cm³/mol. The molecule has 0 aromatic rings. The zero-order valence-corrected chi connectivity index (χ0v) is 4.96. The molecule has 0 bridgehead atoms. The maximum Gasteiger partial charge on any atom is 0.113 e. The molecular formula is C5H11N3. The van der Waals surface area contributed by atoms with Gasteiger partial charge in [0.25, 0.3) is 0 Å². The van der Waals surface area contributed by atoms with Crippen molar-refractivity contribution in [1.82, 2.24) is 5.01 Å². The van der Waals surface area contributed by atoms with E-state index in [0.717, 1.165) is 0 Å². The van der Waals surface area contributed by atoms with Crippen molar-refractivity contribution in [2.24, 2.45) is 11.6 Å². The van der Waals surface area contributed by atoms with Crippen LogP contribution in [0.5, 0.6) is 0 Å². The maximum atomic E-state index is 5.32. The van der Waals surface area contributed by atoms with Gasteiger partial charge < -0.3 is 10.7 Å². The minimum atomic E-state index is 0.500. The third-order valence-electron chi connectivity index (χ3n) is 0.696. The van der Waals surface area contributed by atoms with Crippen molar-refractivity contribution >= 4 is 0 Å². The van der Waals surface area contributed by atoms with E-state index < -0.39 is 0 Å². The van der Waals surface area contributed by atoms with E-state index in [9.17, 15) is 0 Å². The molecule has 0 aliphatic rings. The number of nitrogens with two attached hydrogens (primary N) is 2. The standard InChI is InChI=1S/C5H11N3/c1-3-4-5(6)8(2)7/h3-4H,1,6-7H2,2H3/b5-4-. The molecule has 0 aromatic heterocycles. The van der Waals surface area contributed by atoms with Crippen molar-refractivity contribution < 1.29 is 0 Å². The molecule has 0 spiro atoms. The Balaban J connectivity index is 3.78. The van der Waals surface area contributed by atoms with E-state index in [1.165, 1.54) is 5.01 Å². The first-order valence-corrected chi connectivity index (χ1v) is 2.25. The molecule has 0 aromatic carbocycles. The lowest BCUT2D eigenvalue weighted by atomic mass is 10.5. The number of hydrogen-bond acceptors (Lipinski definition) is 3. The van der Waals surface area contributed by atoms with Gasteiger partial charge in [-0.05, 0) is 6.08 Å². The largest absolute Gasteiger partial charge is 0.384 e. The van der Waals surface area contributed by atoms with Crippen molar-refractivity contribution in [3.05, 3.63) is 24.6 Å². The average Bonchev–Trinajstić information content (AvgIpc) is 1.67. The van der Waals surface area contributed by atoms with E-state index in [4.69, 9.17) is 11.6 Å². The van der Waals surface area contributed by atoms with E-state index in [0.29, 0.717) is 5.82 Å². The van der Waals surface area contributed by atoms with E-state index >= 15 is 0 Å². The summed E-state index contributed by atoms with van der Waals surface area (Å²) < 4.78 is 0. The summed E-state index contributed by atoms with van der Waals surface area (Å²) in [5, 5.41) is 1.32. The number of rotatable bonds is 2. The Morgan fingerprint density at radius 2 is 2.25 bits per heavy atom. The summed E-state index contributed by atoms with van der Waals surface area (Å²) >= 11 is 0. The first-order chi connectivity index (χ1) is 3.68. The molecule has 0 unspecified atom stereocenters. The van der Waals surface area contributed by atoms with Gasteiger partial charge >= 0.3 is 0 Å².